The van der Waals surface area contributed by atoms with E-state index in [4.69, 9.17) is 24.3 Å². The van der Waals surface area contributed by atoms with Crippen molar-refractivity contribution in [2.45, 2.75) is 24.9 Å². The Morgan fingerprint density at radius 1 is 1.08 bits per heavy atom. The molecule has 0 radical (unpaired) electrons. The van der Waals surface area contributed by atoms with Crippen LogP contribution in [-0.2, 0) is 32.0 Å². The number of rotatable bonds is 7. The molecule has 36 heavy (non-hydrogen) atoms. The number of carbonyl (C=O) groups excluding carboxylic acids is 2. The maximum atomic E-state index is 13.9. The average molecular weight is 494 g/mol. The lowest BCUT2D eigenvalue weighted by atomic mass is 9.91. The number of amides is 2. The molecule has 9 heteroatoms. The molecule has 0 bridgehead atoms. The standard InChI is InChI=1S/C27H31N3O6/c31-12-3-13-35-23-8-6-20(7-9-23)25-28-27(19-36-25)16-21-4-1-2-5-22(21)17-30(26(27)33)18-24(32)29-10-14-34-15-11-29/h1-2,4-9,31H,3,10-19H2/t27-/m0/s1. The molecule has 190 valence electrons. The summed E-state index contributed by atoms with van der Waals surface area (Å²) in [5, 5.41) is 8.92. The zero-order chi connectivity index (χ0) is 25.0. The molecule has 0 aliphatic carbocycles. The van der Waals surface area contributed by atoms with Crippen LogP contribution in [0.5, 0.6) is 5.75 Å². The van der Waals surface area contributed by atoms with Gasteiger partial charge in [0, 0.05) is 44.6 Å². The van der Waals surface area contributed by atoms with E-state index in [1.165, 1.54) is 0 Å². The molecule has 1 fully saturated rings. The first-order chi connectivity index (χ1) is 17.6. The van der Waals surface area contributed by atoms with E-state index >= 15 is 0 Å². The topological polar surface area (TPSA) is 101 Å². The Balaban J connectivity index is 1.40. The van der Waals surface area contributed by atoms with E-state index in [0.717, 1.165) is 16.7 Å². The maximum absolute atomic E-state index is 13.9. The first-order valence-electron chi connectivity index (χ1n) is 12.4. The number of hydrogen-bond donors (Lipinski definition) is 1. The smallest absolute Gasteiger partial charge is 0.255 e. The van der Waals surface area contributed by atoms with Gasteiger partial charge >= 0.3 is 0 Å². The highest BCUT2D eigenvalue weighted by Crippen LogP contribution is 2.33. The van der Waals surface area contributed by atoms with Crippen LogP contribution in [0.3, 0.4) is 0 Å². The number of benzene rings is 2. The molecule has 3 heterocycles. The Morgan fingerprint density at radius 3 is 2.58 bits per heavy atom. The minimum Gasteiger partial charge on any atom is -0.494 e. The SMILES string of the molecule is O=C(CN1Cc2ccccc2C[C@]2(COC(c3ccc(OCCCO)cc3)=N2)C1=O)N1CCOCC1. The van der Waals surface area contributed by atoms with Crippen molar-refractivity contribution >= 4 is 17.7 Å². The van der Waals surface area contributed by atoms with E-state index in [0.29, 0.717) is 63.9 Å². The summed E-state index contributed by atoms with van der Waals surface area (Å²) in [7, 11) is 0. The third kappa shape index (κ3) is 5.08. The van der Waals surface area contributed by atoms with Crippen LogP contribution in [0.15, 0.2) is 53.5 Å². The molecule has 9 nitrogen and oxygen atoms in total. The highest BCUT2D eigenvalue weighted by molar-refractivity contribution is 6.01. The van der Waals surface area contributed by atoms with E-state index in [-0.39, 0.29) is 31.6 Å². The van der Waals surface area contributed by atoms with Crippen molar-refractivity contribution in [3.63, 3.8) is 0 Å². The van der Waals surface area contributed by atoms with Crippen LogP contribution in [0.1, 0.15) is 23.1 Å². The number of nitrogens with zero attached hydrogens (tertiary/aromatic N) is 3. The van der Waals surface area contributed by atoms with Gasteiger partial charge in [-0.1, -0.05) is 24.3 Å². The fourth-order valence-electron chi connectivity index (χ4n) is 4.79. The van der Waals surface area contributed by atoms with Gasteiger partial charge in [-0.25, -0.2) is 4.99 Å². The third-order valence-corrected chi connectivity index (χ3v) is 6.77. The molecule has 2 aromatic rings. The van der Waals surface area contributed by atoms with E-state index in [9.17, 15) is 9.59 Å². The summed E-state index contributed by atoms with van der Waals surface area (Å²) in [6.45, 7) is 3.09. The van der Waals surface area contributed by atoms with Gasteiger partial charge in [-0.2, -0.15) is 0 Å². The van der Waals surface area contributed by atoms with Gasteiger partial charge in [0.05, 0.1) is 19.8 Å². The second kappa shape index (κ2) is 10.7. The molecule has 3 aliphatic heterocycles. The Morgan fingerprint density at radius 2 is 1.83 bits per heavy atom. The number of ether oxygens (including phenoxy) is 3. The molecule has 5 rings (SSSR count). The normalized spacial score (nSPS) is 21.6. The van der Waals surface area contributed by atoms with Crippen LogP contribution in [0, 0.1) is 0 Å². The van der Waals surface area contributed by atoms with Crippen LogP contribution >= 0.6 is 0 Å². The second-order valence-electron chi connectivity index (χ2n) is 9.29. The van der Waals surface area contributed by atoms with E-state index in [1.807, 2.05) is 48.5 Å². The summed E-state index contributed by atoms with van der Waals surface area (Å²) in [5.74, 6) is 0.817. The van der Waals surface area contributed by atoms with E-state index < -0.39 is 5.54 Å². The van der Waals surface area contributed by atoms with Gasteiger partial charge < -0.3 is 29.1 Å². The van der Waals surface area contributed by atoms with Crippen molar-refractivity contribution in [2.24, 2.45) is 4.99 Å². The summed E-state index contributed by atoms with van der Waals surface area (Å²) < 4.78 is 17.0. The van der Waals surface area contributed by atoms with Crippen molar-refractivity contribution in [2.75, 3.05) is 52.7 Å². The van der Waals surface area contributed by atoms with E-state index in [2.05, 4.69) is 0 Å². The second-order valence-corrected chi connectivity index (χ2v) is 9.29. The van der Waals surface area contributed by atoms with Crippen LogP contribution in [0.4, 0.5) is 0 Å². The minimum absolute atomic E-state index is 0.000350. The van der Waals surface area contributed by atoms with Crippen molar-refractivity contribution in [3.05, 3.63) is 65.2 Å². The maximum Gasteiger partial charge on any atom is 0.255 e. The zero-order valence-electron chi connectivity index (χ0n) is 20.2. The highest BCUT2D eigenvalue weighted by atomic mass is 16.5. The van der Waals surface area contributed by atoms with Crippen molar-refractivity contribution < 1.29 is 28.9 Å². The summed E-state index contributed by atoms with van der Waals surface area (Å²) in [5.41, 5.74) is 1.69. The number of aliphatic imine (C=N–C) groups is 1. The van der Waals surface area contributed by atoms with Crippen LogP contribution in [-0.4, -0.2) is 90.8 Å². The lowest BCUT2D eigenvalue weighted by molar-refractivity contribution is -0.146. The van der Waals surface area contributed by atoms with Crippen molar-refractivity contribution in [1.82, 2.24) is 9.80 Å². The fourth-order valence-corrected chi connectivity index (χ4v) is 4.79. The van der Waals surface area contributed by atoms with Gasteiger partial charge in [0.1, 0.15) is 18.9 Å². The molecular weight excluding hydrogens is 462 g/mol. The molecule has 0 saturated carbocycles. The summed E-state index contributed by atoms with van der Waals surface area (Å²) in [6, 6.07) is 15.3. The van der Waals surface area contributed by atoms with Crippen molar-refractivity contribution in [3.8, 4) is 5.75 Å². The molecule has 1 spiro atoms. The molecule has 1 atom stereocenters. The summed E-state index contributed by atoms with van der Waals surface area (Å²) in [6.07, 6.45) is 0.977. The Kier molecular flexibility index (Phi) is 7.20. The number of carbonyl (C=O) groups is 2. The minimum atomic E-state index is -1.12. The Hall–Kier alpha value is -3.43. The summed E-state index contributed by atoms with van der Waals surface area (Å²) >= 11 is 0. The van der Waals surface area contributed by atoms with Gasteiger partial charge in [0.15, 0.2) is 5.54 Å². The molecule has 2 aromatic carbocycles. The molecule has 0 aromatic heterocycles. The Labute approximate surface area is 210 Å². The van der Waals surface area contributed by atoms with Crippen LogP contribution in [0.2, 0.25) is 0 Å². The molecule has 2 amide bonds. The van der Waals surface area contributed by atoms with Gasteiger partial charge in [0.25, 0.3) is 5.91 Å². The fraction of sp³-hybridized carbons (Fsp3) is 0.444. The van der Waals surface area contributed by atoms with Gasteiger partial charge in [0.2, 0.25) is 11.8 Å². The zero-order valence-corrected chi connectivity index (χ0v) is 20.2. The quantitative estimate of drug-likeness (QED) is 0.586. The highest BCUT2D eigenvalue weighted by Gasteiger charge is 2.49. The van der Waals surface area contributed by atoms with Gasteiger partial charge in [-0.3, -0.25) is 9.59 Å². The molecule has 1 saturated heterocycles. The first kappa shape index (κ1) is 24.3. The third-order valence-electron chi connectivity index (χ3n) is 6.77. The predicted molar refractivity (Wildman–Crippen MR) is 132 cm³/mol. The van der Waals surface area contributed by atoms with Crippen LogP contribution in [0.25, 0.3) is 0 Å². The number of hydrogen-bond acceptors (Lipinski definition) is 7. The molecular formula is C27H31N3O6. The predicted octanol–water partition coefficient (Wildman–Crippen LogP) is 1.41. The largest absolute Gasteiger partial charge is 0.494 e. The number of morpholine rings is 1. The van der Waals surface area contributed by atoms with Crippen LogP contribution < -0.4 is 4.74 Å². The number of aliphatic hydroxyl groups is 1. The van der Waals surface area contributed by atoms with E-state index in [1.54, 1.807) is 9.80 Å². The summed E-state index contributed by atoms with van der Waals surface area (Å²) in [4.78, 5) is 35.2. The first-order valence-corrected chi connectivity index (χ1v) is 12.4. The monoisotopic (exact) mass is 493 g/mol. The van der Waals surface area contributed by atoms with Crippen molar-refractivity contribution in [1.29, 1.82) is 0 Å². The average Bonchev–Trinajstić information content (AvgIpc) is 3.30. The lowest BCUT2D eigenvalue weighted by Crippen LogP contribution is -2.52. The lowest BCUT2D eigenvalue weighted by Gasteiger charge is -2.32. The molecule has 0 unspecified atom stereocenters. The number of fused-ring (bicyclic) bond motifs is 1. The van der Waals surface area contributed by atoms with Gasteiger partial charge in [-0.15, -0.1) is 0 Å². The molecule has 3 aliphatic rings. The number of aliphatic hydroxyl groups excluding tert-OH is 1. The van der Waals surface area contributed by atoms with Gasteiger partial charge in [-0.05, 0) is 35.4 Å². The Bertz CT molecular complexity index is 1130. The molecule has 1 N–H and O–H groups in total.